The molecular formula is C11H15NO2. The fraction of sp³-hybridized carbons (Fsp3) is 0.455. The van der Waals surface area contributed by atoms with Crippen molar-refractivity contribution in [3.05, 3.63) is 28.8 Å². The van der Waals surface area contributed by atoms with Crippen molar-refractivity contribution in [3.8, 4) is 5.75 Å². The van der Waals surface area contributed by atoms with Gasteiger partial charge in [-0.15, -0.1) is 0 Å². The summed E-state index contributed by atoms with van der Waals surface area (Å²) < 4.78 is 5.49. The summed E-state index contributed by atoms with van der Waals surface area (Å²) in [7, 11) is 0. The highest BCUT2D eigenvalue weighted by molar-refractivity contribution is 5.46. The van der Waals surface area contributed by atoms with Gasteiger partial charge in [-0.25, -0.2) is 0 Å². The predicted molar refractivity (Wildman–Crippen MR) is 54.4 cm³/mol. The van der Waals surface area contributed by atoms with Crippen LogP contribution in [-0.4, -0.2) is 18.3 Å². The van der Waals surface area contributed by atoms with Gasteiger partial charge in [0.05, 0.1) is 19.3 Å². The number of ether oxygens (including phenoxy) is 1. The second kappa shape index (κ2) is 3.59. The Morgan fingerprint density at radius 2 is 2.36 bits per heavy atom. The van der Waals surface area contributed by atoms with E-state index < -0.39 is 0 Å². The third-order valence-electron chi connectivity index (χ3n) is 2.62. The summed E-state index contributed by atoms with van der Waals surface area (Å²) in [6.45, 7) is 2.75. The lowest BCUT2D eigenvalue weighted by atomic mass is 10.00. The Balaban J connectivity index is 2.41. The van der Waals surface area contributed by atoms with Gasteiger partial charge < -0.3 is 15.6 Å². The summed E-state index contributed by atoms with van der Waals surface area (Å²) in [4.78, 5) is 0. The summed E-state index contributed by atoms with van der Waals surface area (Å²) in [6, 6.07) is 3.75. The highest BCUT2D eigenvalue weighted by Gasteiger charge is 2.17. The lowest BCUT2D eigenvalue weighted by Gasteiger charge is -2.12. The Kier molecular flexibility index (Phi) is 2.44. The van der Waals surface area contributed by atoms with E-state index in [-0.39, 0.29) is 12.6 Å². The van der Waals surface area contributed by atoms with E-state index in [9.17, 15) is 0 Å². The van der Waals surface area contributed by atoms with Gasteiger partial charge in [-0.05, 0) is 23.6 Å². The summed E-state index contributed by atoms with van der Waals surface area (Å²) in [6.07, 6.45) is 0.947. The minimum absolute atomic E-state index is 0.0148. The van der Waals surface area contributed by atoms with Gasteiger partial charge >= 0.3 is 0 Å². The maximum absolute atomic E-state index is 8.97. The first kappa shape index (κ1) is 9.49. The van der Waals surface area contributed by atoms with Crippen LogP contribution in [0.4, 0.5) is 0 Å². The number of benzene rings is 1. The van der Waals surface area contributed by atoms with E-state index in [4.69, 9.17) is 15.6 Å². The van der Waals surface area contributed by atoms with Crippen molar-refractivity contribution in [2.45, 2.75) is 19.4 Å². The van der Waals surface area contributed by atoms with E-state index in [1.54, 1.807) is 0 Å². The molecule has 1 heterocycles. The molecule has 1 aliphatic heterocycles. The van der Waals surface area contributed by atoms with E-state index in [0.29, 0.717) is 0 Å². The van der Waals surface area contributed by atoms with E-state index in [1.807, 2.05) is 19.1 Å². The van der Waals surface area contributed by atoms with Crippen molar-refractivity contribution in [3.63, 3.8) is 0 Å². The van der Waals surface area contributed by atoms with Gasteiger partial charge in [-0.1, -0.05) is 12.1 Å². The Labute approximate surface area is 83.5 Å². The SMILES string of the molecule is Cc1cc(C(N)CO)cc2c1OCC2. The van der Waals surface area contributed by atoms with Gasteiger partial charge in [0.2, 0.25) is 0 Å². The maximum Gasteiger partial charge on any atom is 0.125 e. The zero-order chi connectivity index (χ0) is 10.1. The molecule has 3 nitrogen and oxygen atoms in total. The number of nitrogens with two attached hydrogens (primary N) is 1. The van der Waals surface area contributed by atoms with Crippen LogP contribution in [0.3, 0.4) is 0 Å². The van der Waals surface area contributed by atoms with Crippen LogP contribution in [0.1, 0.15) is 22.7 Å². The normalized spacial score (nSPS) is 16.2. The lowest BCUT2D eigenvalue weighted by Crippen LogP contribution is -2.14. The second-order valence-corrected chi connectivity index (χ2v) is 3.71. The fourth-order valence-electron chi connectivity index (χ4n) is 1.85. The molecule has 2 rings (SSSR count). The average Bonchev–Trinajstić information content (AvgIpc) is 2.64. The molecule has 1 aromatic rings. The van der Waals surface area contributed by atoms with Gasteiger partial charge in [0, 0.05) is 6.42 Å². The summed E-state index contributed by atoms with van der Waals surface area (Å²) in [5.74, 6) is 0.999. The zero-order valence-corrected chi connectivity index (χ0v) is 8.29. The van der Waals surface area contributed by atoms with E-state index in [1.165, 1.54) is 5.56 Å². The zero-order valence-electron chi connectivity index (χ0n) is 8.29. The highest BCUT2D eigenvalue weighted by Crippen LogP contribution is 2.31. The first-order valence-corrected chi connectivity index (χ1v) is 4.85. The van der Waals surface area contributed by atoms with Crippen molar-refractivity contribution in [2.75, 3.05) is 13.2 Å². The molecule has 0 radical (unpaired) electrons. The van der Waals surface area contributed by atoms with Crippen LogP contribution in [0.2, 0.25) is 0 Å². The van der Waals surface area contributed by atoms with Crippen LogP contribution in [0.5, 0.6) is 5.75 Å². The predicted octanol–water partition coefficient (Wildman–Crippen LogP) is 0.922. The van der Waals surface area contributed by atoms with Gasteiger partial charge in [0.25, 0.3) is 0 Å². The minimum atomic E-state index is -0.278. The average molecular weight is 193 g/mol. The number of hydrogen-bond donors (Lipinski definition) is 2. The molecule has 3 N–H and O–H groups in total. The number of aliphatic hydroxyl groups is 1. The molecule has 0 fully saturated rings. The smallest absolute Gasteiger partial charge is 0.125 e. The summed E-state index contributed by atoms with van der Waals surface area (Å²) in [5, 5.41) is 8.97. The lowest BCUT2D eigenvalue weighted by molar-refractivity contribution is 0.268. The van der Waals surface area contributed by atoms with Gasteiger partial charge in [-0.2, -0.15) is 0 Å². The monoisotopic (exact) mass is 193 g/mol. The van der Waals surface area contributed by atoms with Crippen molar-refractivity contribution in [2.24, 2.45) is 5.73 Å². The molecule has 0 spiro atoms. The number of rotatable bonds is 2. The van der Waals surface area contributed by atoms with E-state index >= 15 is 0 Å². The van der Waals surface area contributed by atoms with E-state index in [2.05, 4.69) is 0 Å². The number of fused-ring (bicyclic) bond motifs is 1. The van der Waals surface area contributed by atoms with Gasteiger partial charge in [0.1, 0.15) is 5.75 Å². The molecule has 0 aliphatic carbocycles. The van der Waals surface area contributed by atoms with Gasteiger partial charge in [0.15, 0.2) is 0 Å². The quantitative estimate of drug-likeness (QED) is 0.734. The molecule has 76 valence electrons. The molecule has 0 saturated heterocycles. The fourth-order valence-corrected chi connectivity index (χ4v) is 1.85. The molecule has 0 amide bonds. The second-order valence-electron chi connectivity index (χ2n) is 3.71. The number of hydrogen-bond acceptors (Lipinski definition) is 3. The van der Waals surface area contributed by atoms with Crippen LogP contribution >= 0.6 is 0 Å². The molecular weight excluding hydrogens is 178 g/mol. The van der Waals surface area contributed by atoms with Crippen LogP contribution in [-0.2, 0) is 6.42 Å². The third-order valence-corrected chi connectivity index (χ3v) is 2.62. The van der Waals surface area contributed by atoms with Crippen molar-refractivity contribution < 1.29 is 9.84 Å². The van der Waals surface area contributed by atoms with Crippen molar-refractivity contribution >= 4 is 0 Å². The highest BCUT2D eigenvalue weighted by atomic mass is 16.5. The molecule has 3 heteroatoms. The number of aliphatic hydroxyl groups excluding tert-OH is 1. The Hall–Kier alpha value is -1.06. The van der Waals surface area contributed by atoms with E-state index in [0.717, 1.165) is 29.9 Å². The number of aryl methyl sites for hydroxylation is 1. The molecule has 0 saturated carbocycles. The topological polar surface area (TPSA) is 55.5 Å². The molecule has 1 aliphatic rings. The molecule has 1 unspecified atom stereocenters. The first-order chi connectivity index (χ1) is 6.72. The molecule has 1 aromatic carbocycles. The van der Waals surface area contributed by atoms with Crippen molar-refractivity contribution in [1.82, 2.24) is 0 Å². The molecule has 14 heavy (non-hydrogen) atoms. The summed E-state index contributed by atoms with van der Waals surface area (Å²) in [5.41, 5.74) is 9.08. The Morgan fingerprint density at radius 1 is 1.57 bits per heavy atom. The molecule has 0 bridgehead atoms. The summed E-state index contributed by atoms with van der Waals surface area (Å²) >= 11 is 0. The van der Waals surface area contributed by atoms with Crippen LogP contribution in [0, 0.1) is 6.92 Å². The molecule has 0 aromatic heterocycles. The van der Waals surface area contributed by atoms with Crippen LogP contribution in [0.25, 0.3) is 0 Å². The molecule has 1 atom stereocenters. The van der Waals surface area contributed by atoms with Gasteiger partial charge in [-0.3, -0.25) is 0 Å². The standard InChI is InChI=1S/C11H15NO2/c1-7-4-9(10(12)6-13)5-8-2-3-14-11(7)8/h4-5,10,13H,2-3,6,12H2,1H3. The third kappa shape index (κ3) is 1.49. The minimum Gasteiger partial charge on any atom is -0.493 e. The van der Waals surface area contributed by atoms with Crippen LogP contribution < -0.4 is 10.5 Å². The van der Waals surface area contributed by atoms with Crippen LogP contribution in [0.15, 0.2) is 12.1 Å². The Bertz CT molecular complexity index is 349. The largest absolute Gasteiger partial charge is 0.493 e. The first-order valence-electron chi connectivity index (χ1n) is 4.85. The van der Waals surface area contributed by atoms with Crippen molar-refractivity contribution in [1.29, 1.82) is 0 Å². The Morgan fingerprint density at radius 3 is 3.07 bits per heavy atom. The maximum atomic E-state index is 8.97.